The van der Waals surface area contributed by atoms with Gasteiger partial charge in [0.05, 0.1) is 19.0 Å². The summed E-state index contributed by atoms with van der Waals surface area (Å²) in [6, 6.07) is 12.1. The zero-order valence-corrected chi connectivity index (χ0v) is 13.2. The number of nitrogens with one attached hydrogen (secondary N) is 2. The quantitative estimate of drug-likeness (QED) is 0.825. The molecule has 1 aliphatic rings. The molecule has 0 saturated heterocycles. The first kappa shape index (κ1) is 15.3. The molecule has 3 rings (SSSR count). The lowest BCUT2D eigenvalue weighted by atomic mass is 10.1. The topological polar surface area (TPSA) is 63.2 Å². The van der Waals surface area contributed by atoms with Gasteiger partial charge in [-0.3, -0.25) is 4.79 Å². The lowest BCUT2D eigenvalue weighted by Crippen LogP contribution is -2.26. The van der Waals surface area contributed by atoms with Crippen molar-refractivity contribution in [1.29, 1.82) is 0 Å². The van der Waals surface area contributed by atoms with Crippen LogP contribution < -0.4 is 15.4 Å². The Hall–Kier alpha value is -2.56. The van der Waals surface area contributed by atoms with Crippen molar-refractivity contribution in [3.8, 4) is 5.75 Å². The molecular formula is C18H21N3O2. The molecule has 0 aliphatic heterocycles. The van der Waals surface area contributed by atoms with Crippen LogP contribution in [0.1, 0.15) is 28.9 Å². The van der Waals surface area contributed by atoms with Gasteiger partial charge in [-0.2, -0.15) is 0 Å². The second-order valence-electron chi connectivity index (χ2n) is 5.71. The van der Waals surface area contributed by atoms with E-state index in [1.165, 1.54) is 12.8 Å². The van der Waals surface area contributed by atoms with Crippen LogP contribution in [0.25, 0.3) is 0 Å². The highest BCUT2D eigenvalue weighted by atomic mass is 16.5. The number of hydrogen-bond acceptors (Lipinski definition) is 4. The van der Waals surface area contributed by atoms with Gasteiger partial charge in [-0.25, -0.2) is 4.98 Å². The summed E-state index contributed by atoms with van der Waals surface area (Å²) < 4.78 is 5.19. The number of methoxy groups -OCH3 is 1. The first-order chi connectivity index (χ1) is 11.2. The highest BCUT2D eigenvalue weighted by molar-refractivity contribution is 5.92. The monoisotopic (exact) mass is 311 g/mol. The maximum atomic E-state index is 12.1. The maximum Gasteiger partial charge on any atom is 0.269 e. The predicted octanol–water partition coefficient (Wildman–Crippen LogP) is 2.64. The number of pyridine rings is 1. The molecule has 120 valence electrons. The highest BCUT2D eigenvalue weighted by Crippen LogP contribution is 2.24. The van der Waals surface area contributed by atoms with Gasteiger partial charge in [0.25, 0.3) is 5.91 Å². The molecule has 5 heteroatoms. The molecule has 23 heavy (non-hydrogen) atoms. The third-order valence-corrected chi connectivity index (χ3v) is 3.78. The Morgan fingerprint density at radius 1 is 1.30 bits per heavy atom. The molecule has 0 bridgehead atoms. The number of benzene rings is 1. The van der Waals surface area contributed by atoms with Crippen LogP contribution in [0.15, 0.2) is 42.6 Å². The van der Waals surface area contributed by atoms with Crippen LogP contribution in [0.2, 0.25) is 0 Å². The van der Waals surface area contributed by atoms with Crippen LogP contribution in [0.4, 0.5) is 5.69 Å². The van der Waals surface area contributed by atoms with E-state index in [0.29, 0.717) is 18.3 Å². The molecule has 2 aromatic rings. The summed E-state index contributed by atoms with van der Waals surface area (Å²) in [7, 11) is 1.65. The van der Waals surface area contributed by atoms with Crippen LogP contribution in [-0.2, 0) is 6.42 Å². The summed E-state index contributed by atoms with van der Waals surface area (Å²) >= 11 is 0. The summed E-state index contributed by atoms with van der Waals surface area (Å²) in [4.78, 5) is 16.3. The van der Waals surface area contributed by atoms with Gasteiger partial charge in [0.2, 0.25) is 0 Å². The molecule has 0 spiro atoms. The molecule has 1 heterocycles. The highest BCUT2D eigenvalue weighted by Gasteiger charge is 2.20. The number of aromatic nitrogens is 1. The van der Waals surface area contributed by atoms with Crippen LogP contribution in [0.5, 0.6) is 5.75 Å². The van der Waals surface area contributed by atoms with Gasteiger partial charge in [-0.05, 0) is 49.1 Å². The minimum atomic E-state index is -0.147. The number of nitrogens with zero attached hydrogens (tertiary/aromatic N) is 1. The Bertz CT molecular complexity index is 666. The van der Waals surface area contributed by atoms with E-state index in [4.69, 9.17) is 4.74 Å². The maximum absolute atomic E-state index is 12.1. The van der Waals surface area contributed by atoms with Crippen LogP contribution >= 0.6 is 0 Å². The Morgan fingerprint density at radius 2 is 2.17 bits per heavy atom. The Kier molecular flexibility index (Phi) is 4.76. The average Bonchev–Trinajstić information content (AvgIpc) is 3.39. The van der Waals surface area contributed by atoms with Gasteiger partial charge in [0.15, 0.2) is 0 Å². The molecule has 5 nitrogen and oxygen atoms in total. The standard InChI is InChI=1S/C18H21N3O2/c1-23-16-4-2-3-13(11-16)9-10-19-18(22)17-8-7-15(12-20-17)21-14-5-6-14/h2-4,7-8,11-12,14,21H,5-6,9-10H2,1H3,(H,19,22). The summed E-state index contributed by atoms with van der Waals surface area (Å²) in [6.45, 7) is 0.565. The van der Waals surface area contributed by atoms with Crippen LogP contribution in [-0.4, -0.2) is 30.6 Å². The molecule has 1 saturated carbocycles. The summed E-state index contributed by atoms with van der Waals surface area (Å²) in [6.07, 6.45) is 4.90. The zero-order chi connectivity index (χ0) is 16.1. The molecular weight excluding hydrogens is 290 g/mol. The second-order valence-corrected chi connectivity index (χ2v) is 5.71. The van der Waals surface area contributed by atoms with E-state index in [1.807, 2.05) is 30.3 Å². The van der Waals surface area contributed by atoms with E-state index >= 15 is 0 Å². The van der Waals surface area contributed by atoms with E-state index in [-0.39, 0.29) is 5.91 Å². The molecule has 1 aliphatic carbocycles. The molecule has 0 atom stereocenters. The lowest BCUT2D eigenvalue weighted by Gasteiger charge is -2.07. The molecule has 1 amide bonds. The predicted molar refractivity (Wildman–Crippen MR) is 89.9 cm³/mol. The van der Waals surface area contributed by atoms with Crippen LogP contribution in [0.3, 0.4) is 0 Å². The van der Waals surface area contributed by atoms with Crippen molar-refractivity contribution in [2.75, 3.05) is 19.0 Å². The van der Waals surface area contributed by atoms with E-state index < -0.39 is 0 Å². The zero-order valence-electron chi connectivity index (χ0n) is 13.2. The van der Waals surface area contributed by atoms with Gasteiger partial charge in [0, 0.05) is 12.6 Å². The molecule has 1 aromatic carbocycles. The van der Waals surface area contributed by atoms with E-state index in [0.717, 1.165) is 23.4 Å². The van der Waals surface area contributed by atoms with E-state index in [1.54, 1.807) is 19.4 Å². The minimum Gasteiger partial charge on any atom is -0.497 e. The smallest absolute Gasteiger partial charge is 0.269 e. The summed E-state index contributed by atoms with van der Waals surface area (Å²) in [5.74, 6) is 0.681. The van der Waals surface area contributed by atoms with Crippen molar-refractivity contribution in [3.63, 3.8) is 0 Å². The molecule has 1 fully saturated rings. The third-order valence-electron chi connectivity index (χ3n) is 3.78. The van der Waals surface area contributed by atoms with Crippen molar-refractivity contribution >= 4 is 11.6 Å². The van der Waals surface area contributed by atoms with Crippen molar-refractivity contribution in [1.82, 2.24) is 10.3 Å². The van der Waals surface area contributed by atoms with Crippen molar-refractivity contribution in [2.45, 2.75) is 25.3 Å². The van der Waals surface area contributed by atoms with Crippen molar-refractivity contribution in [2.24, 2.45) is 0 Å². The van der Waals surface area contributed by atoms with Crippen LogP contribution in [0, 0.1) is 0 Å². The molecule has 0 radical (unpaired) electrons. The number of carbonyl (C=O) groups excluding carboxylic acids is 1. The number of carbonyl (C=O) groups is 1. The normalized spacial score (nSPS) is 13.4. The summed E-state index contributed by atoms with van der Waals surface area (Å²) in [5, 5.41) is 6.25. The number of amides is 1. The molecule has 2 N–H and O–H groups in total. The largest absolute Gasteiger partial charge is 0.497 e. The Morgan fingerprint density at radius 3 is 2.87 bits per heavy atom. The molecule has 0 unspecified atom stereocenters. The van der Waals surface area contributed by atoms with E-state index in [2.05, 4.69) is 15.6 Å². The SMILES string of the molecule is COc1cccc(CCNC(=O)c2ccc(NC3CC3)cn2)c1. The van der Waals surface area contributed by atoms with Gasteiger partial charge >= 0.3 is 0 Å². The third kappa shape index (κ3) is 4.45. The average molecular weight is 311 g/mol. The number of ether oxygens (including phenoxy) is 1. The fourth-order valence-electron chi connectivity index (χ4n) is 2.32. The van der Waals surface area contributed by atoms with Gasteiger partial charge in [0.1, 0.15) is 11.4 Å². The van der Waals surface area contributed by atoms with Gasteiger partial charge < -0.3 is 15.4 Å². The Balaban J connectivity index is 1.48. The van der Waals surface area contributed by atoms with Crippen molar-refractivity contribution in [3.05, 3.63) is 53.9 Å². The fraction of sp³-hybridized carbons (Fsp3) is 0.333. The minimum absolute atomic E-state index is 0.147. The first-order valence-electron chi connectivity index (χ1n) is 7.88. The molecule has 1 aromatic heterocycles. The van der Waals surface area contributed by atoms with E-state index in [9.17, 15) is 4.79 Å². The van der Waals surface area contributed by atoms with Gasteiger partial charge in [-0.15, -0.1) is 0 Å². The van der Waals surface area contributed by atoms with Crippen molar-refractivity contribution < 1.29 is 9.53 Å². The van der Waals surface area contributed by atoms with Gasteiger partial charge in [-0.1, -0.05) is 12.1 Å². The fourth-order valence-corrected chi connectivity index (χ4v) is 2.32. The lowest BCUT2D eigenvalue weighted by molar-refractivity contribution is 0.0949. The summed E-state index contributed by atoms with van der Waals surface area (Å²) in [5.41, 5.74) is 2.54. The number of anilines is 1. The number of rotatable bonds is 7. The first-order valence-corrected chi connectivity index (χ1v) is 7.88. The Labute approximate surface area is 136 Å². The number of hydrogen-bond donors (Lipinski definition) is 2. The second kappa shape index (κ2) is 7.13.